The van der Waals surface area contributed by atoms with E-state index in [0.29, 0.717) is 27.8 Å². The second-order valence-electron chi connectivity index (χ2n) is 6.29. The summed E-state index contributed by atoms with van der Waals surface area (Å²) in [4.78, 5) is 23.1. The van der Waals surface area contributed by atoms with E-state index in [1.807, 2.05) is 0 Å². The Hall–Kier alpha value is -2.07. The number of fused-ring (bicyclic) bond motifs is 1. The lowest BCUT2D eigenvalue weighted by molar-refractivity contribution is -0.143. The first-order chi connectivity index (χ1) is 13.3. The lowest BCUT2D eigenvalue weighted by Crippen LogP contribution is -2.50. The minimum atomic E-state index is -1.20. The van der Waals surface area contributed by atoms with Crippen molar-refractivity contribution in [3.05, 3.63) is 12.7 Å². The molecule has 28 heavy (non-hydrogen) atoms. The summed E-state index contributed by atoms with van der Waals surface area (Å²) in [6.07, 6.45) is -0.992. The van der Waals surface area contributed by atoms with Crippen LogP contribution in [0, 0.1) is 0 Å². The van der Waals surface area contributed by atoms with Gasteiger partial charge in [-0.3, -0.25) is 21.0 Å². The van der Waals surface area contributed by atoms with Crippen LogP contribution in [0.3, 0.4) is 0 Å². The van der Waals surface area contributed by atoms with Crippen LogP contribution >= 0.6 is 11.8 Å². The van der Waals surface area contributed by atoms with E-state index in [1.165, 1.54) is 29.0 Å². The van der Waals surface area contributed by atoms with Crippen LogP contribution in [0.15, 0.2) is 12.7 Å². The molecule has 0 unspecified atom stereocenters. The molecule has 0 aromatic carbocycles. The second kappa shape index (κ2) is 8.52. The zero-order valence-electron chi connectivity index (χ0n) is 14.7. The average molecular weight is 414 g/mol. The molecule has 1 fully saturated rings. The van der Waals surface area contributed by atoms with Crippen LogP contribution in [-0.2, 0) is 9.53 Å². The number of carbonyl (C=O) groups is 1. The summed E-state index contributed by atoms with van der Waals surface area (Å²) < 4.78 is 7.30. The summed E-state index contributed by atoms with van der Waals surface area (Å²) in [5.41, 5.74) is 6.51. The maximum absolute atomic E-state index is 11.1. The summed E-state index contributed by atoms with van der Waals surface area (Å²) >= 11 is 1.36. The molecule has 13 nitrogen and oxygen atoms in total. The number of aliphatic carboxylic acids is 1. The van der Waals surface area contributed by atoms with E-state index in [1.54, 1.807) is 0 Å². The molecule has 3 rings (SSSR count). The van der Waals surface area contributed by atoms with Crippen LogP contribution < -0.4 is 17.4 Å². The Labute approximate surface area is 163 Å². The Balaban J connectivity index is 1.61. The predicted molar refractivity (Wildman–Crippen MR) is 99.2 cm³/mol. The largest absolute Gasteiger partial charge is 0.480 e. The summed E-state index contributed by atoms with van der Waals surface area (Å²) in [5.74, 6) is 10.4. The number of aliphatic hydroxyl groups is 2. The van der Waals surface area contributed by atoms with Gasteiger partial charge >= 0.3 is 5.97 Å². The van der Waals surface area contributed by atoms with Gasteiger partial charge in [0, 0.05) is 5.75 Å². The van der Waals surface area contributed by atoms with Crippen LogP contribution in [0.25, 0.3) is 11.2 Å². The van der Waals surface area contributed by atoms with E-state index in [9.17, 15) is 15.0 Å². The second-order valence-corrected chi connectivity index (χ2v) is 7.44. The molecule has 3 heterocycles. The standard InChI is InChI=1S/C14H22N8O5S/c15-11-8-12(19-4-18-11)21(5-20-8)13-10(24)9(23)7(27-13)3-28-2-1-6(14(25)26)22(16)17/h4-7,9-10,13,23-24H,1-3,16-17H2,(H,25,26)(H2,15,18,19)/t6-,7+,9+,10+,13+/m0/s1. The lowest BCUT2D eigenvalue weighted by atomic mass is 10.1. The first kappa shape index (κ1) is 20.7. The monoisotopic (exact) mass is 414 g/mol. The van der Waals surface area contributed by atoms with E-state index in [4.69, 9.17) is 27.3 Å². The van der Waals surface area contributed by atoms with Crippen LogP contribution in [-0.4, -0.2) is 81.8 Å². The predicted octanol–water partition coefficient (Wildman–Crippen LogP) is -2.35. The highest BCUT2D eigenvalue weighted by molar-refractivity contribution is 7.99. The maximum atomic E-state index is 11.1. The van der Waals surface area contributed by atoms with E-state index < -0.39 is 36.6 Å². The van der Waals surface area contributed by atoms with Gasteiger partial charge in [-0.25, -0.2) is 15.0 Å². The van der Waals surface area contributed by atoms with Gasteiger partial charge in [0.05, 0.1) is 12.4 Å². The molecule has 1 aliphatic heterocycles. The van der Waals surface area contributed by atoms with Crippen LogP contribution in [0.5, 0.6) is 0 Å². The maximum Gasteiger partial charge on any atom is 0.323 e. The molecular formula is C14H22N8O5S. The summed E-state index contributed by atoms with van der Waals surface area (Å²) in [6.45, 7) is 0. The smallest absolute Gasteiger partial charge is 0.323 e. The first-order valence-electron chi connectivity index (χ1n) is 8.35. The molecule has 154 valence electrons. The molecule has 2 aromatic heterocycles. The zero-order valence-corrected chi connectivity index (χ0v) is 15.5. The van der Waals surface area contributed by atoms with E-state index in [0.717, 1.165) is 0 Å². The molecule has 0 spiro atoms. The Morgan fingerprint density at radius 1 is 1.32 bits per heavy atom. The van der Waals surface area contributed by atoms with Crippen molar-refractivity contribution in [2.24, 2.45) is 11.7 Å². The van der Waals surface area contributed by atoms with Gasteiger partial charge in [0.15, 0.2) is 17.7 Å². The summed E-state index contributed by atoms with van der Waals surface area (Å²) in [7, 11) is 0. The molecule has 5 atom stereocenters. The van der Waals surface area contributed by atoms with Gasteiger partial charge in [-0.05, 0) is 12.2 Å². The molecule has 0 aliphatic carbocycles. The number of carboxylic acid groups (broad SMARTS) is 1. The molecule has 0 radical (unpaired) electrons. The highest BCUT2D eigenvalue weighted by Crippen LogP contribution is 2.33. The van der Waals surface area contributed by atoms with Crippen molar-refractivity contribution < 1.29 is 24.9 Å². The number of aliphatic hydroxyl groups excluding tert-OH is 2. The molecule has 9 N–H and O–H groups in total. The van der Waals surface area contributed by atoms with Gasteiger partial charge in [-0.1, -0.05) is 0 Å². The van der Waals surface area contributed by atoms with Crippen molar-refractivity contribution in [3.63, 3.8) is 0 Å². The Kier molecular flexibility index (Phi) is 6.29. The SMILES string of the molecule is Nc1ncnc2c1ncn2[C@@H]1O[C@H](CSCC[C@@H](C(=O)O)N(N)N)[C@@H](O)[C@H]1O. The molecule has 0 saturated carbocycles. The minimum Gasteiger partial charge on any atom is -0.480 e. The molecule has 1 aliphatic rings. The van der Waals surface area contributed by atoms with Gasteiger partial charge in [-0.2, -0.15) is 16.9 Å². The van der Waals surface area contributed by atoms with E-state index in [2.05, 4.69) is 15.0 Å². The van der Waals surface area contributed by atoms with Crippen molar-refractivity contribution in [2.45, 2.75) is 37.0 Å². The van der Waals surface area contributed by atoms with Gasteiger partial charge in [0.1, 0.15) is 30.1 Å². The molecule has 14 heteroatoms. The number of hydrazine groups is 2. The Morgan fingerprint density at radius 3 is 2.75 bits per heavy atom. The third kappa shape index (κ3) is 4.02. The zero-order chi connectivity index (χ0) is 20.4. The Bertz CT molecular complexity index is 835. The highest BCUT2D eigenvalue weighted by Gasteiger charge is 2.44. The third-order valence-corrected chi connectivity index (χ3v) is 5.55. The number of carboxylic acids is 1. The number of anilines is 1. The first-order valence-corrected chi connectivity index (χ1v) is 9.50. The number of nitrogen functional groups attached to an aromatic ring is 1. The minimum absolute atomic E-state index is 0.200. The number of thioether (sulfide) groups is 1. The van der Waals surface area contributed by atoms with Crippen LogP contribution in [0.1, 0.15) is 12.6 Å². The molecule has 0 bridgehead atoms. The number of nitrogens with two attached hydrogens (primary N) is 3. The van der Waals surface area contributed by atoms with Crippen LogP contribution in [0.4, 0.5) is 5.82 Å². The fourth-order valence-corrected chi connectivity index (χ4v) is 4.01. The summed E-state index contributed by atoms with van der Waals surface area (Å²) in [6, 6.07) is -1.01. The topological polar surface area (TPSA) is 212 Å². The molecular weight excluding hydrogens is 392 g/mol. The third-order valence-electron chi connectivity index (χ3n) is 4.46. The fraction of sp³-hybridized carbons (Fsp3) is 0.571. The number of imidazole rings is 1. The van der Waals surface area contributed by atoms with Crippen molar-refractivity contribution in [1.29, 1.82) is 0 Å². The number of aromatic nitrogens is 4. The molecule has 0 amide bonds. The van der Waals surface area contributed by atoms with Crippen molar-refractivity contribution in [2.75, 3.05) is 17.2 Å². The van der Waals surface area contributed by atoms with Gasteiger partial charge in [-0.15, -0.1) is 0 Å². The average Bonchev–Trinajstić information content (AvgIpc) is 3.18. The van der Waals surface area contributed by atoms with E-state index in [-0.39, 0.29) is 12.2 Å². The van der Waals surface area contributed by atoms with Crippen LogP contribution in [0.2, 0.25) is 0 Å². The summed E-state index contributed by atoms with van der Waals surface area (Å²) in [5, 5.41) is 30.4. The van der Waals surface area contributed by atoms with Gasteiger partial charge in [0.25, 0.3) is 0 Å². The molecule has 2 aromatic rings. The van der Waals surface area contributed by atoms with Gasteiger partial charge < -0.3 is 25.8 Å². The quantitative estimate of drug-likeness (QED) is 0.152. The number of ether oxygens (including phenoxy) is 1. The highest BCUT2D eigenvalue weighted by atomic mass is 32.2. The fourth-order valence-electron chi connectivity index (χ4n) is 2.95. The lowest BCUT2D eigenvalue weighted by Gasteiger charge is -2.19. The number of hydrogen-bond donors (Lipinski definition) is 6. The van der Waals surface area contributed by atoms with Crippen molar-refractivity contribution >= 4 is 34.7 Å². The number of nitrogens with zero attached hydrogens (tertiary/aromatic N) is 5. The van der Waals surface area contributed by atoms with Crippen molar-refractivity contribution in [1.82, 2.24) is 24.6 Å². The van der Waals surface area contributed by atoms with E-state index >= 15 is 0 Å². The normalized spacial score (nSPS) is 26.2. The Morgan fingerprint density at radius 2 is 2.07 bits per heavy atom. The number of hydrogen-bond acceptors (Lipinski definition) is 12. The van der Waals surface area contributed by atoms with Gasteiger partial charge in [0.2, 0.25) is 0 Å². The number of rotatable bonds is 8. The van der Waals surface area contributed by atoms with Crippen molar-refractivity contribution in [3.8, 4) is 0 Å². The molecule has 1 saturated heterocycles.